The first kappa shape index (κ1) is 25.1. The summed E-state index contributed by atoms with van der Waals surface area (Å²) in [6.07, 6.45) is -0.803. The van der Waals surface area contributed by atoms with Crippen molar-refractivity contribution >= 4 is 24.2 Å². The van der Waals surface area contributed by atoms with Crippen molar-refractivity contribution in [3.05, 3.63) is 47.0 Å². The number of hydrogen-bond donors (Lipinski definition) is 0. The fourth-order valence-electron chi connectivity index (χ4n) is 5.18. The van der Waals surface area contributed by atoms with Gasteiger partial charge in [0.05, 0.1) is 11.3 Å². The number of rotatable bonds is 7. The summed E-state index contributed by atoms with van der Waals surface area (Å²) in [4.78, 5) is 6.56. The van der Waals surface area contributed by atoms with Crippen molar-refractivity contribution in [3.63, 3.8) is 0 Å². The van der Waals surface area contributed by atoms with Crippen molar-refractivity contribution < 1.29 is 17.6 Å². The van der Waals surface area contributed by atoms with Gasteiger partial charge in [-0.1, -0.05) is 17.8 Å². The molecule has 34 heavy (non-hydrogen) atoms. The van der Waals surface area contributed by atoms with Gasteiger partial charge in [0.15, 0.2) is 17.3 Å². The third-order valence-electron chi connectivity index (χ3n) is 6.94. The Balaban J connectivity index is 0.00000274. The lowest BCUT2D eigenvalue weighted by Gasteiger charge is -2.22. The molecule has 0 bridgehead atoms. The van der Waals surface area contributed by atoms with Crippen LogP contribution in [0.5, 0.6) is 0 Å². The average Bonchev–Trinajstić information content (AvgIpc) is 3.06. The number of likely N-dealkylation sites (tertiary alicyclic amines) is 1. The predicted molar refractivity (Wildman–Crippen MR) is 126 cm³/mol. The number of thioether (sulfide) groups is 1. The quantitative estimate of drug-likeness (QED) is 0.316. The third kappa shape index (κ3) is 4.47. The smallest absolute Gasteiger partial charge is 0.416 e. The molecule has 1 saturated heterocycles. The number of oxazole rings is 1. The molecule has 1 aromatic carbocycles. The first-order valence-electron chi connectivity index (χ1n) is 11.0. The Bertz CT molecular complexity index is 1180. The monoisotopic (exact) mass is 513 g/mol. The maximum atomic E-state index is 13.0. The topological polar surface area (TPSA) is 60.0 Å². The normalized spacial score (nSPS) is 22.0. The molecule has 3 heterocycles. The Hall–Kier alpha value is -2.04. The highest BCUT2D eigenvalue weighted by molar-refractivity contribution is 7.99. The van der Waals surface area contributed by atoms with E-state index >= 15 is 0 Å². The second-order valence-electron chi connectivity index (χ2n) is 9.15. The van der Waals surface area contributed by atoms with Gasteiger partial charge in [-0.2, -0.15) is 13.2 Å². The van der Waals surface area contributed by atoms with Gasteiger partial charge in [0.2, 0.25) is 5.82 Å². The van der Waals surface area contributed by atoms with Gasteiger partial charge >= 0.3 is 6.18 Å². The number of fused-ring (bicyclic) bond motifs is 1. The van der Waals surface area contributed by atoms with E-state index in [1.807, 2.05) is 25.5 Å². The molecule has 184 valence electrons. The lowest BCUT2D eigenvalue weighted by molar-refractivity contribution is -0.137. The zero-order valence-electron chi connectivity index (χ0n) is 19.2. The maximum Gasteiger partial charge on any atom is 0.416 e. The molecule has 6 nitrogen and oxygen atoms in total. The van der Waals surface area contributed by atoms with Crippen LogP contribution in [0.15, 0.2) is 34.2 Å². The fraction of sp³-hybridized carbons (Fsp3) is 0.522. The second kappa shape index (κ2) is 9.20. The van der Waals surface area contributed by atoms with Crippen LogP contribution in [0.25, 0.3) is 11.6 Å². The van der Waals surface area contributed by atoms with E-state index in [0.717, 1.165) is 60.2 Å². The Labute approximate surface area is 206 Å². The molecule has 2 atom stereocenters. The van der Waals surface area contributed by atoms with Gasteiger partial charge in [-0.05, 0) is 62.4 Å². The SMILES string of the molecule is Cc1cc(C(F)(F)F)ccc1C12CC1CN(CCCSc1nnc(-c3ocnc3C)n1C)C2.Cl. The van der Waals surface area contributed by atoms with Gasteiger partial charge in [0.1, 0.15) is 0 Å². The number of piperidine rings is 1. The third-order valence-corrected chi connectivity index (χ3v) is 8.05. The minimum absolute atomic E-state index is 0. The molecule has 1 aliphatic carbocycles. The number of alkyl halides is 3. The molecule has 5 rings (SSSR count). The van der Waals surface area contributed by atoms with E-state index in [4.69, 9.17) is 4.42 Å². The molecule has 2 unspecified atom stereocenters. The van der Waals surface area contributed by atoms with Crippen molar-refractivity contribution in [1.29, 1.82) is 0 Å². The van der Waals surface area contributed by atoms with E-state index in [2.05, 4.69) is 20.1 Å². The summed E-state index contributed by atoms with van der Waals surface area (Å²) in [5, 5.41) is 9.36. The molecule has 3 aromatic rings. The van der Waals surface area contributed by atoms with Gasteiger partial charge < -0.3 is 13.9 Å². The van der Waals surface area contributed by atoms with E-state index in [1.54, 1.807) is 17.8 Å². The molecule has 2 fully saturated rings. The van der Waals surface area contributed by atoms with Crippen LogP contribution in [-0.4, -0.2) is 50.0 Å². The molecule has 11 heteroatoms. The Morgan fingerprint density at radius 3 is 2.71 bits per heavy atom. The van der Waals surface area contributed by atoms with E-state index in [1.165, 1.54) is 18.5 Å². The highest BCUT2D eigenvalue weighted by Gasteiger charge is 2.60. The van der Waals surface area contributed by atoms with E-state index in [9.17, 15) is 13.2 Å². The lowest BCUT2D eigenvalue weighted by atomic mass is 9.90. The second-order valence-corrected chi connectivity index (χ2v) is 10.2. The first-order valence-corrected chi connectivity index (χ1v) is 12.0. The Morgan fingerprint density at radius 1 is 1.24 bits per heavy atom. The van der Waals surface area contributed by atoms with E-state index in [0.29, 0.717) is 17.5 Å². The number of aromatic nitrogens is 4. The summed E-state index contributed by atoms with van der Waals surface area (Å²) in [6, 6.07) is 4.24. The van der Waals surface area contributed by atoms with Crippen molar-refractivity contribution in [2.45, 2.75) is 43.4 Å². The predicted octanol–water partition coefficient (Wildman–Crippen LogP) is 5.28. The van der Waals surface area contributed by atoms with Crippen molar-refractivity contribution in [1.82, 2.24) is 24.6 Å². The number of hydrogen-bond acceptors (Lipinski definition) is 6. The van der Waals surface area contributed by atoms with Crippen LogP contribution in [0.1, 0.15) is 35.2 Å². The Kier molecular flexibility index (Phi) is 6.78. The number of halogens is 4. The summed E-state index contributed by atoms with van der Waals surface area (Å²) in [6.45, 7) is 6.59. The molecule has 0 N–H and O–H groups in total. The molecule has 1 aliphatic heterocycles. The van der Waals surface area contributed by atoms with Gasteiger partial charge in [-0.25, -0.2) is 4.98 Å². The first-order chi connectivity index (χ1) is 15.7. The molecular formula is C23H27ClF3N5OS. The standard InChI is InChI=1S/C23H26F3N5OS.ClH/c1-14-9-16(23(24,25)26)5-6-18(14)22-10-17(22)11-31(12-22)7-4-8-33-21-29-28-20(30(21)3)19-15(2)27-13-32-19;/h5-6,9,13,17H,4,7-8,10-12H2,1-3H3;1H. The molecule has 0 radical (unpaired) electrons. The minimum atomic E-state index is -4.29. The highest BCUT2D eigenvalue weighted by Crippen LogP contribution is 2.59. The average molecular weight is 514 g/mol. The lowest BCUT2D eigenvalue weighted by Crippen LogP contribution is -2.28. The van der Waals surface area contributed by atoms with Gasteiger partial charge in [-0.3, -0.25) is 0 Å². The molecule has 0 spiro atoms. The zero-order valence-corrected chi connectivity index (χ0v) is 20.9. The Morgan fingerprint density at radius 2 is 2.03 bits per heavy atom. The fourth-order valence-corrected chi connectivity index (χ4v) is 6.01. The summed E-state index contributed by atoms with van der Waals surface area (Å²) in [5.41, 5.74) is 2.10. The number of benzene rings is 1. The van der Waals surface area contributed by atoms with Crippen LogP contribution in [0.2, 0.25) is 0 Å². The number of aryl methyl sites for hydroxylation is 2. The summed E-state index contributed by atoms with van der Waals surface area (Å²) in [5.74, 6) is 2.76. The van der Waals surface area contributed by atoms with Gasteiger partial charge in [-0.15, -0.1) is 22.6 Å². The minimum Gasteiger partial charge on any atom is -0.440 e. The van der Waals surface area contributed by atoms with Crippen molar-refractivity contribution in [2.24, 2.45) is 13.0 Å². The number of nitrogens with zero attached hydrogens (tertiary/aromatic N) is 5. The summed E-state index contributed by atoms with van der Waals surface area (Å²) < 4.78 is 46.4. The summed E-state index contributed by atoms with van der Waals surface area (Å²) in [7, 11) is 1.92. The maximum absolute atomic E-state index is 13.0. The highest BCUT2D eigenvalue weighted by atomic mass is 35.5. The molecule has 0 amide bonds. The van der Waals surface area contributed by atoms with Crippen LogP contribution in [0, 0.1) is 19.8 Å². The summed E-state index contributed by atoms with van der Waals surface area (Å²) >= 11 is 1.66. The van der Waals surface area contributed by atoms with E-state index < -0.39 is 11.7 Å². The van der Waals surface area contributed by atoms with Crippen molar-refractivity contribution in [2.75, 3.05) is 25.4 Å². The van der Waals surface area contributed by atoms with Crippen LogP contribution < -0.4 is 0 Å². The molecule has 2 aliphatic rings. The van der Waals surface area contributed by atoms with Crippen LogP contribution in [-0.2, 0) is 18.6 Å². The molecular weight excluding hydrogens is 487 g/mol. The molecule has 1 saturated carbocycles. The van der Waals surface area contributed by atoms with Crippen LogP contribution >= 0.6 is 24.2 Å². The van der Waals surface area contributed by atoms with Crippen LogP contribution in [0.4, 0.5) is 13.2 Å². The largest absolute Gasteiger partial charge is 0.440 e. The molecule has 2 aromatic heterocycles. The van der Waals surface area contributed by atoms with Gasteiger partial charge in [0, 0.05) is 31.3 Å². The van der Waals surface area contributed by atoms with Crippen molar-refractivity contribution in [3.8, 4) is 11.6 Å². The van der Waals surface area contributed by atoms with Crippen LogP contribution in [0.3, 0.4) is 0 Å². The zero-order chi connectivity index (χ0) is 23.4. The van der Waals surface area contributed by atoms with Gasteiger partial charge in [0.25, 0.3) is 0 Å². The van der Waals surface area contributed by atoms with E-state index in [-0.39, 0.29) is 17.8 Å².